The van der Waals surface area contributed by atoms with Gasteiger partial charge in [-0.1, -0.05) is 42.5 Å². The van der Waals surface area contributed by atoms with Crippen LogP contribution in [0.1, 0.15) is 10.4 Å². The fourth-order valence-corrected chi connectivity index (χ4v) is 2.67. The zero-order valence-electron chi connectivity index (χ0n) is 10.1. The van der Waals surface area contributed by atoms with Gasteiger partial charge in [0.1, 0.15) is 11.2 Å². The van der Waals surface area contributed by atoms with Gasteiger partial charge in [-0.2, -0.15) is 0 Å². The van der Waals surface area contributed by atoms with Crippen molar-refractivity contribution in [3.05, 3.63) is 60.2 Å². The van der Waals surface area contributed by atoms with E-state index in [1.54, 1.807) is 0 Å². The molecule has 2 heteroatoms. The average Bonchev–Trinajstić information content (AvgIpc) is 2.83. The molecule has 1 heterocycles. The molecule has 19 heavy (non-hydrogen) atoms. The van der Waals surface area contributed by atoms with Crippen molar-refractivity contribution >= 4 is 39.0 Å². The molecule has 0 fully saturated rings. The Morgan fingerprint density at radius 1 is 0.842 bits per heavy atom. The summed E-state index contributed by atoms with van der Waals surface area (Å²) in [7, 11) is 0. The van der Waals surface area contributed by atoms with Crippen LogP contribution in [0.25, 0.3) is 32.7 Å². The molecule has 0 aliphatic heterocycles. The Hall–Kier alpha value is -2.61. The zero-order chi connectivity index (χ0) is 12.8. The first-order valence-corrected chi connectivity index (χ1v) is 6.16. The molecule has 4 rings (SSSR count). The normalized spacial score (nSPS) is 11.4. The van der Waals surface area contributed by atoms with Gasteiger partial charge >= 0.3 is 0 Å². The number of carbonyl (C=O) groups is 1. The number of furan rings is 1. The molecular weight excluding hydrogens is 236 g/mol. The molecule has 3 aromatic carbocycles. The Balaban J connectivity index is 2.35. The standard InChI is InChI=1S/C17H10O2/c18-10-15-12-6-2-1-5-11(12)9-14-13-7-3-4-8-16(13)19-17(14)15/h1-10H. The third kappa shape index (κ3) is 1.34. The summed E-state index contributed by atoms with van der Waals surface area (Å²) >= 11 is 0. The van der Waals surface area contributed by atoms with Crippen molar-refractivity contribution < 1.29 is 9.21 Å². The lowest BCUT2D eigenvalue weighted by Gasteiger charge is -2.01. The van der Waals surface area contributed by atoms with Crippen LogP contribution < -0.4 is 0 Å². The summed E-state index contributed by atoms with van der Waals surface area (Å²) in [4.78, 5) is 11.5. The lowest BCUT2D eigenvalue weighted by Crippen LogP contribution is -1.84. The predicted molar refractivity (Wildman–Crippen MR) is 76.6 cm³/mol. The third-order valence-corrected chi connectivity index (χ3v) is 3.55. The minimum absolute atomic E-state index is 0.629. The topological polar surface area (TPSA) is 30.2 Å². The highest BCUT2D eigenvalue weighted by atomic mass is 16.3. The second-order valence-corrected chi connectivity index (χ2v) is 4.60. The molecule has 0 saturated heterocycles. The van der Waals surface area contributed by atoms with Gasteiger partial charge in [-0.25, -0.2) is 0 Å². The van der Waals surface area contributed by atoms with Crippen LogP contribution in [0, 0.1) is 0 Å². The van der Waals surface area contributed by atoms with Gasteiger partial charge in [0.15, 0.2) is 6.29 Å². The van der Waals surface area contributed by atoms with Crippen LogP contribution in [0.3, 0.4) is 0 Å². The predicted octanol–water partition coefficient (Wildman–Crippen LogP) is 4.55. The fraction of sp³-hybridized carbons (Fsp3) is 0. The van der Waals surface area contributed by atoms with Gasteiger partial charge < -0.3 is 4.42 Å². The van der Waals surface area contributed by atoms with Crippen molar-refractivity contribution in [2.24, 2.45) is 0 Å². The first-order chi connectivity index (χ1) is 9.38. The monoisotopic (exact) mass is 246 g/mol. The molecule has 0 unspecified atom stereocenters. The number of carbonyl (C=O) groups excluding carboxylic acids is 1. The van der Waals surface area contributed by atoms with Gasteiger partial charge in [0.25, 0.3) is 0 Å². The van der Waals surface area contributed by atoms with Gasteiger partial charge in [0.05, 0.1) is 5.56 Å². The minimum Gasteiger partial charge on any atom is -0.455 e. The van der Waals surface area contributed by atoms with E-state index in [0.717, 1.165) is 33.4 Å². The fourth-order valence-electron chi connectivity index (χ4n) is 2.67. The molecule has 0 aliphatic carbocycles. The SMILES string of the molecule is O=Cc1c2ccccc2cc2c1oc1ccccc12. The van der Waals surface area contributed by atoms with E-state index in [2.05, 4.69) is 6.07 Å². The van der Waals surface area contributed by atoms with E-state index >= 15 is 0 Å². The van der Waals surface area contributed by atoms with E-state index in [1.807, 2.05) is 48.5 Å². The summed E-state index contributed by atoms with van der Waals surface area (Å²) in [6.45, 7) is 0. The largest absolute Gasteiger partial charge is 0.455 e. The van der Waals surface area contributed by atoms with Crippen molar-refractivity contribution in [3.8, 4) is 0 Å². The number of hydrogen-bond donors (Lipinski definition) is 0. The quantitative estimate of drug-likeness (QED) is 0.461. The molecule has 1 aromatic heterocycles. The maximum Gasteiger partial charge on any atom is 0.154 e. The lowest BCUT2D eigenvalue weighted by atomic mass is 10.0. The van der Waals surface area contributed by atoms with Crippen molar-refractivity contribution in [1.29, 1.82) is 0 Å². The number of rotatable bonds is 1. The summed E-state index contributed by atoms with van der Waals surface area (Å²) in [5.74, 6) is 0. The molecule has 4 aromatic rings. The van der Waals surface area contributed by atoms with Gasteiger partial charge in [-0.15, -0.1) is 0 Å². The first kappa shape index (κ1) is 10.3. The van der Waals surface area contributed by atoms with Gasteiger partial charge in [-0.3, -0.25) is 4.79 Å². The van der Waals surface area contributed by atoms with Crippen molar-refractivity contribution in [1.82, 2.24) is 0 Å². The van der Waals surface area contributed by atoms with Gasteiger partial charge in [0, 0.05) is 10.8 Å². The highest BCUT2D eigenvalue weighted by Gasteiger charge is 2.13. The molecule has 0 N–H and O–H groups in total. The lowest BCUT2D eigenvalue weighted by molar-refractivity contribution is 0.112. The van der Waals surface area contributed by atoms with Crippen molar-refractivity contribution in [2.45, 2.75) is 0 Å². The van der Waals surface area contributed by atoms with Crippen LogP contribution in [0.15, 0.2) is 59.0 Å². The van der Waals surface area contributed by atoms with E-state index in [0.29, 0.717) is 11.1 Å². The van der Waals surface area contributed by atoms with E-state index in [9.17, 15) is 4.79 Å². The number of fused-ring (bicyclic) bond motifs is 4. The van der Waals surface area contributed by atoms with Crippen LogP contribution >= 0.6 is 0 Å². The summed E-state index contributed by atoms with van der Waals surface area (Å²) in [6.07, 6.45) is 0.882. The van der Waals surface area contributed by atoms with Crippen LogP contribution in [-0.4, -0.2) is 6.29 Å². The summed E-state index contributed by atoms with van der Waals surface area (Å²) in [5, 5.41) is 4.04. The molecule has 0 atom stereocenters. The van der Waals surface area contributed by atoms with Crippen LogP contribution in [0.2, 0.25) is 0 Å². The van der Waals surface area contributed by atoms with Crippen molar-refractivity contribution in [3.63, 3.8) is 0 Å². The Kier molecular flexibility index (Phi) is 2.00. The van der Waals surface area contributed by atoms with E-state index in [1.165, 1.54) is 0 Å². The number of hydrogen-bond acceptors (Lipinski definition) is 2. The van der Waals surface area contributed by atoms with E-state index in [4.69, 9.17) is 4.42 Å². The molecule has 0 radical (unpaired) electrons. The average molecular weight is 246 g/mol. The molecule has 0 saturated carbocycles. The molecule has 0 bridgehead atoms. The van der Waals surface area contributed by atoms with Gasteiger partial charge in [0.2, 0.25) is 0 Å². The Morgan fingerprint density at radius 3 is 2.42 bits per heavy atom. The summed E-state index contributed by atoms with van der Waals surface area (Å²) < 4.78 is 5.85. The smallest absolute Gasteiger partial charge is 0.154 e. The first-order valence-electron chi connectivity index (χ1n) is 6.16. The highest BCUT2D eigenvalue weighted by Crippen LogP contribution is 2.34. The number of aldehydes is 1. The van der Waals surface area contributed by atoms with Crippen LogP contribution in [0.5, 0.6) is 0 Å². The van der Waals surface area contributed by atoms with E-state index in [-0.39, 0.29) is 0 Å². The molecule has 0 amide bonds. The Labute approximate surface area is 109 Å². The molecule has 0 spiro atoms. The molecule has 90 valence electrons. The summed E-state index contributed by atoms with van der Waals surface area (Å²) in [5.41, 5.74) is 2.12. The zero-order valence-corrected chi connectivity index (χ0v) is 10.1. The maximum absolute atomic E-state index is 11.5. The van der Waals surface area contributed by atoms with Crippen molar-refractivity contribution in [2.75, 3.05) is 0 Å². The second-order valence-electron chi connectivity index (χ2n) is 4.60. The van der Waals surface area contributed by atoms with E-state index < -0.39 is 0 Å². The summed E-state index contributed by atoms with van der Waals surface area (Å²) in [6, 6.07) is 17.8. The minimum atomic E-state index is 0.629. The molecular formula is C17H10O2. The Bertz CT molecular complexity index is 932. The molecule has 0 aliphatic rings. The highest BCUT2D eigenvalue weighted by molar-refractivity contribution is 6.17. The second kappa shape index (κ2) is 3.69. The number of benzene rings is 3. The van der Waals surface area contributed by atoms with Crippen LogP contribution in [0.4, 0.5) is 0 Å². The number of para-hydroxylation sites is 1. The molecule has 2 nitrogen and oxygen atoms in total. The maximum atomic E-state index is 11.5. The Morgan fingerprint density at radius 2 is 1.58 bits per heavy atom. The third-order valence-electron chi connectivity index (χ3n) is 3.55. The van der Waals surface area contributed by atoms with Crippen LogP contribution in [-0.2, 0) is 0 Å². The van der Waals surface area contributed by atoms with Gasteiger partial charge in [-0.05, 0) is 22.9 Å².